The molecule has 4 heterocycles. The van der Waals surface area contributed by atoms with E-state index in [9.17, 15) is 4.39 Å². The summed E-state index contributed by atoms with van der Waals surface area (Å²) in [6, 6.07) is 6.59. The number of hydrogen-bond donors (Lipinski definition) is 1. The summed E-state index contributed by atoms with van der Waals surface area (Å²) in [5.74, 6) is 0.410. The maximum atomic E-state index is 14.2. The highest BCUT2D eigenvalue weighted by Crippen LogP contribution is 2.37. The van der Waals surface area contributed by atoms with Gasteiger partial charge in [0.05, 0.1) is 30.0 Å². The van der Waals surface area contributed by atoms with E-state index in [0.29, 0.717) is 17.9 Å². The summed E-state index contributed by atoms with van der Waals surface area (Å²) in [5, 5.41) is 4.70. The molecule has 0 fully saturated rings. The summed E-state index contributed by atoms with van der Waals surface area (Å²) < 4.78 is 24.3. The molecule has 2 N–H and O–H groups in total. The molecule has 5 rings (SSSR count). The topological polar surface area (TPSA) is 83.8 Å². The van der Waals surface area contributed by atoms with E-state index >= 15 is 0 Å². The first kappa shape index (κ1) is 19.3. The van der Waals surface area contributed by atoms with Crippen LogP contribution in [-0.4, -0.2) is 24.3 Å². The van der Waals surface area contributed by atoms with Gasteiger partial charge in [0.15, 0.2) is 11.6 Å². The zero-order valence-electron chi connectivity index (χ0n) is 17.6. The van der Waals surface area contributed by atoms with Crippen LogP contribution >= 0.6 is 0 Å². The van der Waals surface area contributed by atoms with Crippen LogP contribution in [0.1, 0.15) is 36.8 Å². The van der Waals surface area contributed by atoms with Crippen LogP contribution in [0, 0.1) is 5.82 Å². The fraction of sp³-hybridized carbons (Fsp3) is 0.261. The van der Waals surface area contributed by atoms with E-state index in [1.54, 1.807) is 16.9 Å². The minimum Gasteiger partial charge on any atom is -0.482 e. The lowest BCUT2D eigenvalue weighted by atomic mass is 9.97. The van der Waals surface area contributed by atoms with Crippen molar-refractivity contribution < 1.29 is 9.13 Å². The Morgan fingerprint density at radius 2 is 2.10 bits per heavy atom. The van der Waals surface area contributed by atoms with Gasteiger partial charge in [0.25, 0.3) is 0 Å². The van der Waals surface area contributed by atoms with Crippen LogP contribution in [0.4, 0.5) is 10.2 Å². The van der Waals surface area contributed by atoms with E-state index in [1.807, 2.05) is 32.6 Å². The van der Waals surface area contributed by atoms with Crippen molar-refractivity contribution in [2.45, 2.75) is 32.9 Å². The molecule has 0 saturated heterocycles. The molecule has 1 aliphatic rings. The van der Waals surface area contributed by atoms with Gasteiger partial charge in [-0.1, -0.05) is 6.92 Å². The van der Waals surface area contributed by atoms with E-state index in [4.69, 9.17) is 15.6 Å². The molecule has 31 heavy (non-hydrogen) atoms. The van der Waals surface area contributed by atoms with Crippen LogP contribution in [0.3, 0.4) is 0 Å². The number of nitrogens with zero attached hydrogens (tertiary/aromatic N) is 5. The fourth-order valence-corrected chi connectivity index (χ4v) is 4.22. The summed E-state index contributed by atoms with van der Waals surface area (Å²) in [6.45, 7) is 4.52. The van der Waals surface area contributed by atoms with E-state index < -0.39 is 6.10 Å². The Morgan fingerprint density at radius 1 is 1.26 bits per heavy atom. The standard InChI is InChI=1S/C23H23FN6O/c1-4-19-22-14-7-20(23(25)26-9-14)31-13(2)18-8-16(24)5-6-17(18)21-15(10-29(3)28-21)11-30(22)12-27-19/h5-10,12-13H,4,11H2,1-3H3,(H2,25,26). The quantitative estimate of drug-likeness (QED) is 0.502. The molecule has 0 aliphatic carbocycles. The largest absolute Gasteiger partial charge is 0.482 e. The number of hydrogen-bond acceptors (Lipinski definition) is 5. The van der Waals surface area contributed by atoms with Crippen molar-refractivity contribution in [3.05, 3.63) is 65.6 Å². The van der Waals surface area contributed by atoms with Crippen LogP contribution in [0.15, 0.2) is 43.0 Å². The zero-order valence-corrected chi connectivity index (χ0v) is 17.6. The minimum absolute atomic E-state index is 0.285. The number of benzene rings is 1. The maximum Gasteiger partial charge on any atom is 0.166 e. The Hall–Kier alpha value is -3.68. The first-order valence-corrected chi connectivity index (χ1v) is 10.2. The number of fused-ring (bicyclic) bond motifs is 7. The predicted octanol–water partition coefficient (Wildman–Crippen LogP) is 4.13. The molecule has 7 nitrogen and oxygen atoms in total. The molecule has 3 aromatic heterocycles. The number of aromatic nitrogens is 5. The number of ether oxygens (including phenoxy) is 1. The van der Waals surface area contributed by atoms with Crippen molar-refractivity contribution in [3.63, 3.8) is 0 Å². The molecule has 0 amide bonds. The third-order valence-corrected chi connectivity index (χ3v) is 5.66. The molecule has 8 heteroatoms. The lowest BCUT2D eigenvalue weighted by Gasteiger charge is -2.21. The summed E-state index contributed by atoms with van der Waals surface area (Å²) in [6.07, 6.45) is 5.88. The van der Waals surface area contributed by atoms with Crippen LogP contribution in [-0.2, 0) is 20.0 Å². The van der Waals surface area contributed by atoms with Gasteiger partial charge in [-0.3, -0.25) is 4.68 Å². The maximum absolute atomic E-state index is 14.2. The fourth-order valence-electron chi connectivity index (χ4n) is 4.22. The van der Waals surface area contributed by atoms with Crippen molar-refractivity contribution in [2.24, 2.45) is 7.05 Å². The van der Waals surface area contributed by atoms with Gasteiger partial charge in [-0.25, -0.2) is 14.4 Å². The lowest BCUT2D eigenvalue weighted by Crippen LogP contribution is -2.10. The SMILES string of the molecule is CCc1ncn2c1-c1cnc(N)c(c1)OC(C)c1cc(F)ccc1-c1nn(C)cc1C2. The number of aryl methyl sites for hydroxylation is 2. The van der Waals surface area contributed by atoms with E-state index in [-0.39, 0.29) is 11.6 Å². The van der Waals surface area contributed by atoms with Crippen molar-refractivity contribution >= 4 is 5.82 Å². The van der Waals surface area contributed by atoms with Gasteiger partial charge >= 0.3 is 0 Å². The van der Waals surface area contributed by atoms with Gasteiger partial charge in [0, 0.05) is 41.7 Å². The van der Waals surface area contributed by atoms with Gasteiger partial charge in [-0.15, -0.1) is 0 Å². The second-order valence-corrected chi connectivity index (χ2v) is 7.80. The summed E-state index contributed by atoms with van der Waals surface area (Å²) in [4.78, 5) is 8.98. The first-order valence-electron chi connectivity index (χ1n) is 10.2. The van der Waals surface area contributed by atoms with Gasteiger partial charge in [0.1, 0.15) is 11.9 Å². The van der Waals surface area contributed by atoms with Crippen molar-refractivity contribution in [1.82, 2.24) is 24.3 Å². The van der Waals surface area contributed by atoms with Crippen LogP contribution in [0.2, 0.25) is 0 Å². The summed E-state index contributed by atoms with van der Waals surface area (Å²) >= 11 is 0. The number of imidazole rings is 1. The van der Waals surface area contributed by atoms with Gasteiger partial charge in [-0.2, -0.15) is 5.10 Å². The van der Waals surface area contributed by atoms with E-state index in [2.05, 4.69) is 21.5 Å². The molecule has 0 radical (unpaired) electrons. The van der Waals surface area contributed by atoms with Gasteiger partial charge in [0.2, 0.25) is 0 Å². The normalized spacial score (nSPS) is 15.2. The smallest absolute Gasteiger partial charge is 0.166 e. The van der Waals surface area contributed by atoms with Crippen LogP contribution in [0.5, 0.6) is 5.75 Å². The monoisotopic (exact) mass is 418 g/mol. The number of rotatable bonds is 1. The summed E-state index contributed by atoms with van der Waals surface area (Å²) in [7, 11) is 1.88. The molecular formula is C23H23FN6O. The van der Waals surface area contributed by atoms with Gasteiger partial charge in [-0.05, 0) is 37.6 Å². The Morgan fingerprint density at radius 3 is 2.90 bits per heavy atom. The predicted molar refractivity (Wildman–Crippen MR) is 116 cm³/mol. The molecule has 1 aliphatic heterocycles. The average molecular weight is 418 g/mol. The molecular weight excluding hydrogens is 395 g/mol. The molecule has 158 valence electrons. The van der Waals surface area contributed by atoms with E-state index in [1.165, 1.54) is 12.1 Å². The molecule has 1 unspecified atom stereocenters. The minimum atomic E-state index is -0.463. The van der Waals surface area contributed by atoms with E-state index in [0.717, 1.165) is 40.2 Å². The number of halogens is 1. The second-order valence-electron chi connectivity index (χ2n) is 7.80. The van der Waals surface area contributed by atoms with Crippen LogP contribution < -0.4 is 10.5 Å². The van der Waals surface area contributed by atoms with Gasteiger partial charge < -0.3 is 15.0 Å². The van der Waals surface area contributed by atoms with Crippen molar-refractivity contribution in [1.29, 1.82) is 0 Å². The molecule has 1 atom stereocenters. The molecule has 0 spiro atoms. The Bertz CT molecular complexity index is 1290. The Labute approximate surface area is 179 Å². The van der Waals surface area contributed by atoms with Crippen LogP contribution in [0.25, 0.3) is 22.5 Å². The van der Waals surface area contributed by atoms with Crippen molar-refractivity contribution in [2.75, 3.05) is 5.73 Å². The number of anilines is 1. The second kappa shape index (κ2) is 7.23. The molecule has 1 aromatic carbocycles. The number of pyridine rings is 1. The molecule has 4 aromatic rings. The van der Waals surface area contributed by atoms with Crippen molar-refractivity contribution in [3.8, 4) is 28.3 Å². The first-order chi connectivity index (χ1) is 14.9. The lowest BCUT2D eigenvalue weighted by molar-refractivity contribution is 0.227. The Balaban J connectivity index is 1.81. The highest BCUT2D eigenvalue weighted by Gasteiger charge is 2.23. The molecule has 0 saturated carbocycles. The number of nitrogen functional groups attached to an aromatic ring is 1. The highest BCUT2D eigenvalue weighted by atomic mass is 19.1. The number of nitrogens with two attached hydrogens (primary N) is 1. The average Bonchev–Trinajstić information content (AvgIpc) is 3.32. The zero-order chi connectivity index (χ0) is 21.7. The Kier molecular flexibility index (Phi) is 4.50. The molecule has 2 bridgehead atoms. The summed E-state index contributed by atoms with van der Waals surface area (Å²) in [5.41, 5.74) is 12.3. The third kappa shape index (κ3) is 3.24. The highest BCUT2D eigenvalue weighted by molar-refractivity contribution is 5.70. The third-order valence-electron chi connectivity index (χ3n) is 5.66.